The van der Waals surface area contributed by atoms with Crippen molar-refractivity contribution in [2.45, 2.75) is 31.5 Å². The zero-order valence-corrected chi connectivity index (χ0v) is 16.2. The maximum absolute atomic E-state index is 12.9. The Morgan fingerprint density at radius 1 is 0.964 bits per heavy atom. The van der Waals surface area contributed by atoms with E-state index >= 15 is 0 Å². The Kier molecular flexibility index (Phi) is 5.82. The van der Waals surface area contributed by atoms with Gasteiger partial charge in [0.15, 0.2) is 12.4 Å². The van der Waals surface area contributed by atoms with Crippen LogP contribution in [-0.2, 0) is 19.1 Å². The molecule has 3 heterocycles. The molecule has 0 unspecified atom stereocenters. The number of hydrogen-bond acceptors (Lipinski definition) is 5. The largest absolute Gasteiger partial charge is 0.484 e. The summed E-state index contributed by atoms with van der Waals surface area (Å²) in [5.74, 6) is 0.425. The Morgan fingerprint density at radius 2 is 1.61 bits per heavy atom. The first kappa shape index (κ1) is 19.2. The fraction of sp³-hybridized carbons (Fsp3) is 0.619. The van der Waals surface area contributed by atoms with Crippen molar-refractivity contribution in [3.63, 3.8) is 0 Å². The minimum absolute atomic E-state index is 0.00134. The summed E-state index contributed by atoms with van der Waals surface area (Å²) in [6.07, 6.45) is 2.91. The van der Waals surface area contributed by atoms with Crippen LogP contribution in [0.5, 0.6) is 5.75 Å². The molecule has 152 valence electrons. The van der Waals surface area contributed by atoms with Gasteiger partial charge in [0.2, 0.25) is 5.91 Å². The molecule has 7 nitrogen and oxygen atoms in total. The van der Waals surface area contributed by atoms with Gasteiger partial charge in [-0.15, -0.1) is 0 Å². The summed E-state index contributed by atoms with van der Waals surface area (Å²) >= 11 is 0. The van der Waals surface area contributed by atoms with E-state index < -0.39 is 5.79 Å². The fourth-order valence-electron chi connectivity index (χ4n) is 4.24. The Balaban J connectivity index is 1.20. The number of para-hydroxylation sites is 1. The van der Waals surface area contributed by atoms with Crippen LogP contribution < -0.4 is 4.74 Å². The maximum atomic E-state index is 12.9. The minimum atomic E-state index is -0.453. The van der Waals surface area contributed by atoms with E-state index in [1.807, 2.05) is 35.2 Å². The van der Waals surface area contributed by atoms with E-state index in [1.165, 1.54) is 0 Å². The lowest BCUT2D eigenvalue weighted by Crippen LogP contribution is -2.51. The van der Waals surface area contributed by atoms with E-state index in [4.69, 9.17) is 14.2 Å². The van der Waals surface area contributed by atoms with E-state index in [2.05, 4.69) is 0 Å². The standard InChI is InChI=1S/C21H28N2O5/c24-19(16-26-18-4-2-1-3-5-18)22-10-6-17(7-11-22)20(25)23-12-8-21(9-13-23)27-14-15-28-21/h1-5,17H,6-16H2. The molecule has 7 heteroatoms. The third-order valence-corrected chi connectivity index (χ3v) is 5.95. The zero-order valence-electron chi connectivity index (χ0n) is 16.2. The van der Waals surface area contributed by atoms with Crippen LogP contribution in [0.3, 0.4) is 0 Å². The monoisotopic (exact) mass is 388 g/mol. The molecule has 0 saturated carbocycles. The van der Waals surface area contributed by atoms with E-state index in [-0.39, 0.29) is 24.3 Å². The number of ether oxygens (including phenoxy) is 3. The number of piperidine rings is 2. The number of carbonyl (C=O) groups excluding carboxylic acids is 2. The second kappa shape index (κ2) is 8.49. The molecule has 2 amide bonds. The molecule has 28 heavy (non-hydrogen) atoms. The van der Waals surface area contributed by atoms with Crippen molar-refractivity contribution in [1.82, 2.24) is 9.80 Å². The van der Waals surface area contributed by atoms with E-state index in [9.17, 15) is 9.59 Å². The van der Waals surface area contributed by atoms with Gasteiger partial charge in [0.1, 0.15) is 5.75 Å². The van der Waals surface area contributed by atoms with Crippen LogP contribution in [0.15, 0.2) is 30.3 Å². The SMILES string of the molecule is O=C(COc1ccccc1)N1CCC(C(=O)N2CCC3(CC2)OCCO3)CC1. The van der Waals surface area contributed by atoms with Crippen LogP contribution in [0.1, 0.15) is 25.7 Å². The van der Waals surface area contributed by atoms with Crippen molar-refractivity contribution in [1.29, 1.82) is 0 Å². The molecule has 0 atom stereocenters. The molecule has 1 spiro atoms. The summed E-state index contributed by atoms with van der Waals surface area (Å²) in [6, 6.07) is 9.34. The summed E-state index contributed by atoms with van der Waals surface area (Å²) < 4.78 is 17.0. The molecule has 3 saturated heterocycles. The van der Waals surface area contributed by atoms with E-state index in [0.717, 1.165) is 12.8 Å². The molecular weight excluding hydrogens is 360 g/mol. The average molecular weight is 388 g/mol. The van der Waals surface area contributed by atoms with Crippen LogP contribution in [0.4, 0.5) is 0 Å². The normalized spacial score (nSPS) is 22.4. The van der Waals surface area contributed by atoms with Gasteiger partial charge in [0.25, 0.3) is 5.91 Å². The molecule has 4 rings (SSSR count). The Bertz CT molecular complexity index is 671. The topological polar surface area (TPSA) is 68.3 Å². The smallest absolute Gasteiger partial charge is 0.260 e. The van der Waals surface area contributed by atoms with E-state index in [1.54, 1.807) is 4.90 Å². The molecule has 0 aliphatic carbocycles. The number of hydrogen-bond donors (Lipinski definition) is 0. The van der Waals surface area contributed by atoms with E-state index in [0.29, 0.717) is 58.0 Å². The third-order valence-electron chi connectivity index (χ3n) is 5.95. The fourth-order valence-corrected chi connectivity index (χ4v) is 4.24. The Morgan fingerprint density at radius 3 is 2.25 bits per heavy atom. The third kappa shape index (κ3) is 4.31. The lowest BCUT2D eigenvalue weighted by Gasteiger charge is -2.40. The summed E-state index contributed by atoms with van der Waals surface area (Å²) in [5.41, 5.74) is 0. The van der Waals surface area contributed by atoms with Gasteiger partial charge in [0, 0.05) is 44.9 Å². The highest BCUT2D eigenvalue weighted by molar-refractivity contribution is 5.80. The molecular formula is C21H28N2O5. The van der Waals surface area contributed by atoms with Crippen molar-refractivity contribution in [3.8, 4) is 5.75 Å². The Hall–Kier alpha value is -2.12. The van der Waals surface area contributed by atoms with Crippen molar-refractivity contribution >= 4 is 11.8 Å². The number of nitrogens with zero attached hydrogens (tertiary/aromatic N) is 2. The molecule has 1 aromatic carbocycles. The lowest BCUT2D eigenvalue weighted by molar-refractivity contribution is -0.188. The van der Waals surface area contributed by atoms with Crippen LogP contribution in [0, 0.1) is 5.92 Å². The van der Waals surface area contributed by atoms with Crippen molar-refractivity contribution in [2.75, 3.05) is 46.0 Å². The van der Waals surface area contributed by atoms with Gasteiger partial charge in [-0.2, -0.15) is 0 Å². The van der Waals surface area contributed by atoms with Gasteiger partial charge in [-0.3, -0.25) is 9.59 Å². The predicted molar refractivity (Wildman–Crippen MR) is 102 cm³/mol. The molecule has 1 aromatic rings. The van der Waals surface area contributed by atoms with Gasteiger partial charge in [-0.1, -0.05) is 18.2 Å². The number of rotatable bonds is 4. The van der Waals surface area contributed by atoms with Crippen molar-refractivity contribution in [3.05, 3.63) is 30.3 Å². The second-order valence-electron chi connectivity index (χ2n) is 7.69. The quantitative estimate of drug-likeness (QED) is 0.785. The predicted octanol–water partition coefficient (Wildman–Crippen LogP) is 1.67. The van der Waals surface area contributed by atoms with Gasteiger partial charge in [0.05, 0.1) is 13.2 Å². The molecule has 3 aliphatic rings. The highest BCUT2D eigenvalue weighted by Crippen LogP contribution is 2.32. The lowest BCUT2D eigenvalue weighted by atomic mass is 9.93. The first-order chi connectivity index (χ1) is 13.7. The Labute approximate surface area is 165 Å². The van der Waals surface area contributed by atoms with Gasteiger partial charge in [-0.25, -0.2) is 0 Å². The first-order valence-electron chi connectivity index (χ1n) is 10.2. The molecule has 0 bridgehead atoms. The highest BCUT2D eigenvalue weighted by atomic mass is 16.7. The maximum Gasteiger partial charge on any atom is 0.260 e. The summed E-state index contributed by atoms with van der Waals surface area (Å²) in [4.78, 5) is 29.0. The molecule has 0 aromatic heterocycles. The van der Waals surface area contributed by atoms with Crippen LogP contribution in [0.2, 0.25) is 0 Å². The molecule has 3 fully saturated rings. The van der Waals surface area contributed by atoms with Crippen LogP contribution in [-0.4, -0.2) is 73.4 Å². The van der Waals surface area contributed by atoms with Gasteiger partial charge >= 0.3 is 0 Å². The average Bonchev–Trinajstić information content (AvgIpc) is 3.21. The van der Waals surface area contributed by atoms with Gasteiger partial charge < -0.3 is 24.0 Å². The number of carbonyl (C=O) groups is 2. The highest BCUT2D eigenvalue weighted by Gasteiger charge is 2.42. The van der Waals surface area contributed by atoms with Crippen LogP contribution in [0.25, 0.3) is 0 Å². The van der Waals surface area contributed by atoms with Crippen molar-refractivity contribution < 1.29 is 23.8 Å². The summed E-state index contributed by atoms with van der Waals surface area (Å²) in [6.45, 7) is 3.92. The summed E-state index contributed by atoms with van der Waals surface area (Å²) in [5, 5.41) is 0. The number of benzene rings is 1. The molecule has 3 aliphatic heterocycles. The first-order valence-corrected chi connectivity index (χ1v) is 10.2. The zero-order chi connectivity index (χ0) is 19.4. The molecule has 0 N–H and O–H groups in total. The molecule has 0 radical (unpaired) electrons. The number of likely N-dealkylation sites (tertiary alicyclic amines) is 2. The minimum Gasteiger partial charge on any atom is -0.484 e. The van der Waals surface area contributed by atoms with Gasteiger partial charge in [-0.05, 0) is 25.0 Å². The second-order valence-corrected chi connectivity index (χ2v) is 7.69. The number of amides is 2. The van der Waals surface area contributed by atoms with Crippen molar-refractivity contribution in [2.24, 2.45) is 5.92 Å². The summed E-state index contributed by atoms with van der Waals surface area (Å²) in [7, 11) is 0. The van der Waals surface area contributed by atoms with Crippen LogP contribution >= 0.6 is 0 Å².